The van der Waals surface area contributed by atoms with Gasteiger partial charge in [0.1, 0.15) is 5.75 Å². The largest absolute Gasteiger partial charge is 0.494 e. The number of rotatable bonds is 11. The van der Waals surface area contributed by atoms with Crippen molar-refractivity contribution in [2.75, 3.05) is 11.9 Å². The van der Waals surface area contributed by atoms with E-state index in [0.717, 1.165) is 25.1 Å². The van der Waals surface area contributed by atoms with E-state index in [1.54, 1.807) is 24.3 Å². The first kappa shape index (κ1) is 26.2. The third kappa shape index (κ3) is 8.07. The second kappa shape index (κ2) is 12.8. The molecule has 0 aromatic heterocycles. The van der Waals surface area contributed by atoms with Gasteiger partial charge in [0.15, 0.2) is 0 Å². The van der Waals surface area contributed by atoms with Crippen molar-refractivity contribution in [1.82, 2.24) is 10.6 Å². The van der Waals surface area contributed by atoms with Crippen LogP contribution in [0.2, 0.25) is 0 Å². The number of fused-ring (bicyclic) bond motifs is 1. The fraction of sp³-hybridized carbons (Fsp3) is 0.375. The number of carbonyl (C=O) groups excluding carboxylic acids is 2. The van der Waals surface area contributed by atoms with Crippen LogP contribution in [0.1, 0.15) is 55.3 Å². The minimum atomic E-state index is -1.02. The monoisotopic (exact) mass is 475 g/mol. The highest BCUT2D eigenvalue weighted by Crippen LogP contribution is 2.22. The number of carboxylic acid groups (broad SMARTS) is 1. The van der Waals surface area contributed by atoms with Gasteiger partial charge in [0.25, 0.3) is 0 Å². The maximum Gasteiger partial charge on any atom is 0.305 e. The first-order chi connectivity index (χ1) is 15.4. The highest BCUT2D eigenvalue weighted by atomic mass is 35.5. The summed E-state index contributed by atoms with van der Waals surface area (Å²) in [5.74, 6) is -0.977. The molecule has 33 heavy (non-hydrogen) atoms. The number of carboxylic acids is 1. The summed E-state index contributed by atoms with van der Waals surface area (Å²) >= 11 is 0. The second-order valence-electron chi connectivity index (χ2n) is 7.77. The molecule has 2 aromatic rings. The highest BCUT2D eigenvalue weighted by Gasteiger charge is 2.19. The van der Waals surface area contributed by atoms with Gasteiger partial charge in [-0.15, -0.1) is 12.4 Å². The molecule has 8 nitrogen and oxygen atoms in total. The molecule has 0 bridgehead atoms. The fourth-order valence-corrected chi connectivity index (χ4v) is 3.53. The van der Waals surface area contributed by atoms with Gasteiger partial charge in [-0.2, -0.15) is 0 Å². The summed E-state index contributed by atoms with van der Waals surface area (Å²) in [5, 5.41) is 18.0. The number of anilines is 1. The van der Waals surface area contributed by atoms with Crippen LogP contribution in [0.5, 0.6) is 5.75 Å². The molecule has 1 aliphatic rings. The molecule has 0 fully saturated rings. The zero-order valence-electron chi connectivity index (χ0n) is 18.6. The van der Waals surface area contributed by atoms with Crippen molar-refractivity contribution >= 4 is 35.9 Å². The van der Waals surface area contributed by atoms with Crippen LogP contribution in [0.25, 0.3) is 0 Å². The summed E-state index contributed by atoms with van der Waals surface area (Å²) in [6.07, 6.45) is 0.601. The molecule has 0 saturated heterocycles. The van der Waals surface area contributed by atoms with E-state index in [-0.39, 0.29) is 43.5 Å². The first-order valence-corrected chi connectivity index (χ1v) is 10.8. The van der Waals surface area contributed by atoms with Gasteiger partial charge in [-0.25, -0.2) is 0 Å². The Morgan fingerprint density at radius 1 is 1.03 bits per heavy atom. The topological polar surface area (TPSA) is 117 Å². The molecule has 2 amide bonds. The predicted molar refractivity (Wildman–Crippen MR) is 127 cm³/mol. The summed E-state index contributed by atoms with van der Waals surface area (Å²) < 4.78 is 5.54. The fourth-order valence-electron chi connectivity index (χ4n) is 3.53. The van der Waals surface area contributed by atoms with E-state index in [2.05, 4.69) is 16.0 Å². The van der Waals surface area contributed by atoms with Crippen molar-refractivity contribution in [2.45, 2.75) is 51.7 Å². The molecular formula is C24H30ClN3O5. The molecule has 178 valence electrons. The van der Waals surface area contributed by atoms with Gasteiger partial charge in [-0.3, -0.25) is 14.4 Å². The third-order valence-electron chi connectivity index (χ3n) is 5.17. The van der Waals surface area contributed by atoms with Crippen LogP contribution in [0.15, 0.2) is 42.5 Å². The number of hydrogen-bond acceptors (Lipinski definition) is 5. The Morgan fingerprint density at radius 2 is 1.73 bits per heavy atom. The number of benzene rings is 2. The van der Waals surface area contributed by atoms with Gasteiger partial charge in [0, 0.05) is 31.6 Å². The molecule has 1 atom stereocenters. The average Bonchev–Trinajstić information content (AvgIpc) is 3.24. The van der Waals surface area contributed by atoms with Crippen molar-refractivity contribution in [3.05, 3.63) is 59.2 Å². The Kier molecular flexibility index (Phi) is 10.2. The predicted octanol–water partition coefficient (Wildman–Crippen LogP) is 3.55. The van der Waals surface area contributed by atoms with E-state index in [4.69, 9.17) is 4.74 Å². The number of halogens is 1. The zero-order valence-corrected chi connectivity index (χ0v) is 19.4. The number of carbonyl (C=O) groups is 3. The Labute approximate surface area is 199 Å². The number of amides is 2. The number of hydrogen-bond donors (Lipinski definition) is 4. The van der Waals surface area contributed by atoms with Crippen LogP contribution >= 0.6 is 12.4 Å². The maximum atomic E-state index is 12.4. The van der Waals surface area contributed by atoms with E-state index >= 15 is 0 Å². The number of nitrogens with one attached hydrogen (secondary N) is 3. The van der Waals surface area contributed by atoms with E-state index in [1.807, 2.05) is 25.1 Å². The van der Waals surface area contributed by atoms with Gasteiger partial charge in [0.2, 0.25) is 11.8 Å². The molecule has 0 aliphatic carbocycles. The van der Waals surface area contributed by atoms with Crippen molar-refractivity contribution < 1.29 is 24.2 Å². The maximum absolute atomic E-state index is 12.4. The minimum absolute atomic E-state index is 0. The smallest absolute Gasteiger partial charge is 0.305 e. The average molecular weight is 476 g/mol. The van der Waals surface area contributed by atoms with Crippen molar-refractivity contribution in [3.63, 3.8) is 0 Å². The van der Waals surface area contributed by atoms with E-state index < -0.39 is 12.0 Å². The van der Waals surface area contributed by atoms with Crippen LogP contribution < -0.4 is 20.7 Å². The Bertz CT molecular complexity index is 965. The normalized spacial score (nSPS) is 12.8. The van der Waals surface area contributed by atoms with Crippen LogP contribution in [0.3, 0.4) is 0 Å². The van der Waals surface area contributed by atoms with Crippen LogP contribution in [-0.4, -0.2) is 29.5 Å². The van der Waals surface area contributed by atoms with Crippen molar-refractivity contribution in [3.8, 4) is 5.75 Å². The van der Waals surface area contributed by atoms with E-state index in [0.29, 0.717) is 23.6 Å². The molecule has 1 unspecified atom stereocenters. The first-order valence-electron chi connectivity index (χ1n) is 10.8. The lowest BCUT2D eigenvalue weighted by atomic mass is 10.0. The lowest BCUT2D eigenvalue weighted by molar-refractivity contribution is -0.138. The summed E-state index contributed by atoms with van der Waals surface area (Å²) in [6, 6.07) is 12.1. The summed E-state index contributed by atoms with van der Waals surface area (Å²) in [7, 11) is 0. The standard InChI is InChI=1S/C24H29N3O5.ClH/c1-2-11-32-20-7-4-16(5-8-20)21(13-24(30)31)27-23(29)10-9-22(28)26-19-6-3-17-14-25-15-18(17)12-19;/h3-8,12,21,25H,2,9-11,13-15H2,1H3,(H,26,28)(H,27,29)(H,30,31);1H. The Hall–Kier alpha value is -3.10. The van der Waals surface area contributed by atoms with Crippen LogP contribution in [0.4, 0.5) is 5.69 Å². The van der Waals surface area contributed by atoms with Gasteiger partial charge in [-0.1, -0.05) is 25.1 Å². The Morgan fingerprint density at radius 3 is 2.42 bits per heavy atom. The zero-order chi connectivity index (χ0) is 22.9. The molecular weight excluding hydrogens is 446 g/mol. The summed E-state index contributed by atoms with van der Waals surface area (Å²) in [6.45, 7) is 4.21. The minimum Gasteiger partial charge on any atom is -0.494 e. The van der Waals surface area contributed by atoms with Gasteiger partial charge in [-0.05, 0) is 47.4 Å². The SMILES string of the molecule is CCCOc1ccc(C(CC(=O)O)NC(=O)CCC(=O)Nc2ccc3c(c2)CNC3)cc1.Cl. The van der Waals surface area contributed by atoms with Gasteiger partial charge >= 0.3 is 5.97 Å². The van der Waals surface area contributed by atoms with Gasteiger partial charge < -0.3 is 25.8 Å². The van der Waals surface area contributed by atoms with E-state index in [9.17, 15) is 19.5 Å². The second-order valence-corrected chi connectivity index (χ2v) is 7.77. The van der Waals surface area contributed by atoms with Crippen molar-refractivity contribution in [1.29, 1.82) is 0 Å². The van der Waals surface area contributed by atoms with Crippen LogP contribution in [-0.2, 0) is 27.5 Å². The number of ether oxygens (including phenoxy) is 1. The molecule has 0 saturated carbocycles. The molecule has 3 rings (SSSR count). The molecule has 9 heteroatoms. The summed E-state index contributed by atoms with van der Waals surface area (Å²) in [5.41, 5.74) is 3.74. The molecule has 4 N–H and O–H groups in total. The summed E-state index contributed by atoms with van der Waals surface area (Å²) in [4.78, 5) is 35.9. The molecule has 1 aliphatic heterocycles. The van der Waals surface area contributed by atoms with E-state index in [1.165, 1.54) is 5.56 Å². The third-order valence-corrected chi connectivity index (χ3v) is 5.17. The quantitative estimate of drug-likeness (QED) is 0.395. The molecule has 0 spiro atoms. The van der Waals surface area contributed by atoms with Gasteiger partial charge in [0.05, 0.1) is 19.1 Å². The Balaban J connectivity index is 0.00000385. The molecule has 0 radical (unpaired) electrons. The lowest BCUT2D eigenvalue weighted by Crippen LogP contribution is -2.30. The molecule has 1 heterocycles. The van der Waals surface area contributed by atoms with Crippen molar-refractivity contribution in [2.24, 2.45) is 0 Å². The number of aliphatic carboxylic acids is 1. The lowest BCUT2D eigenvalue weighted by Gasteiger charge is -2.18. The highest BCUT2D eigenvalue weighted by molar-refractivity contribution is 5.93. The van der Waals surface area contributed by atoms with Crippen LogP contribution in [0, 0.1) is 0 Å². The molecule has 2 aromatic carbocycles.